The van der Waals surface area contributed by atoms with Crippen LogP contribution in [-0.2, 0) is 11.2 Å². The summed E-state index contributed by atoms with van der Waals surface area (Å²) in [5, 5.41) is 3.77. The molecule has 5 aliphatic carbocycles. The van der Waals surface area contributed by atoms with Crippen molar-refractivity contribution >= 4 is 17.7 Å². The lowest BCUT2D eigenvalue weighted by atomic mass is 9.52. The molecule has 5 aliphatic rings. The summed E-state index contributed by atoms with van der Waals surface area (Å²) in [5.41, 5.74) is 9.23. The Kier molecular flexibility index (Phi) is 3.26. The van der Waals surface area contributed by atoms with Gasteiger partial charge in [-0.25, -0.2) is 0 Å². The highest BCUT2D eigenvalue weighted by atomic mass is 16.5. The fourth-order valence-electron chi connectivity index (χ4n) is 6.14. The molecule has 4 fully saturated rings. The lowest BCUT2D eigenvalue weighted by Gasteiger charge is -2.59. The number of hydrogen-bond acceptors (Lipinski definition) is 4. The highest BCUT2D eigenvalue weighted by molar-refractivity contribution is 6.00. The molecule has 0 aromatic carbocycles. The van der Waals surface area contributed by atoms with Crippen molar-refractivity contribution in [3.63, 3.8) is 0 Å². The third-order valence-corrected chi connectivity index (χ3v) is 7.02. The second-order valence-corrected chi connectivity index (χ2v) is 8.41. The zero-order valence-electron chi connectivity index (χ0n) is 14.6. The van der Waals surface area contributed by atoms with Gasteiger partial charge >= 0.3 is 0 Å². The zero-order chi connectivity index (χ0) is 17.2. The molecule has 25 heavy (non-hydrogen) atoms. The number of carbonyl (C=O) groups excluding carboxylic acids is 1. The van der Waals surface area contributed by atoms with Crippen molar-refractivity contribution in [1.29, 1.82) is 0 Å². The summed E-state index contributed by atoms with van der Waals surface area (Å²) in [6, 6.07) is 0.401. The van der Waals surface area contributed by atoms with Crippen LogP contribution in [0.3, 0.4) is 0 Å². The highest BCUT2D eigenvalue weighted by Crippen LogP contribution is 2.57. The number of pyridine rings is 1. The summed E-state index contributed by atoms with van der Waals surface area (Å²) >= 11 is 0. The number of methoxy groups -OCH3 is 1. The molecule has 1 amide bonds. The van der Waals surface area contributed by atoms with Gasteiger partial charge in [-0.05, 0) is 49.9 Å². The van der Waals surface area contributed by atoms with Gasteiger partial charge in [-0.3, -0.25) is 9.78 Å². The minimum absolute atomic E-state index is 0.0985. The summed E-state index contributed by atoms with van der Waals surface area (Å²) in [4.78, 5) is 16.4. The van der Waals surface area contributed by atoms with Gasteiger partial charge in [-0.2, -0.15) is 0 Å². The smallest absolute Gasteiger partial charge is 0.252 e. The third-order valence-electron chi connectivity index (χ3n) is 7.02. The maximum absolute atomic E-state index is 12.0. The molecule has 3 N–H and O–H groups in total. The summed E-state index contributed by atoms with van der Waals surface area (Å²) < 4.78 is 5.96. The minimum Gasteiger partial charge on any atom is -0.381 e. The standard InChI is InChI=1S/C20H25N3O2/c1-25-20-7-11-5-12(8-20)17(13(6-11)9-20)23-18-14-3-2-4-16(14)22-10-15(18)19(21)24/h2-3,10-13,17H,4-9H2,1H3,(H2,21,24)(H,22,23)/t11?,12-,13+,17?,20?. The molecule has 6 rings (SSSR count). The molecule has 1 heterocycles. The zero-order valence-corrected chi connectivity index (χ0v) is 14.6. The first-order valence-corrected chi connectivity index (χ1v) is 9.38. The van der Waals surface area contributed by atoms with Crippen molar-refractivity contribution < 1.29 is 9.53 Å². The van der Waals surface area contributed by atoms with Crippen LogP contribution >= 0.6 is 0 Å². The molecule has 0 radical (unpaired) electrons. The Morgan fingerprint density at radius 3 is 2.76 bits per heavy atom. The topological polar surface area (TPSA) is 77.2 Å². The number of hydrogen-bond donors (Lipinski definition) is 2. The largest absolute Gasteiger partial charge is 0.381 e. The molecular formula is C20H25N3O2. The highest BCUT2D eigenvalue weighted by Gasteiger charge is 2.55. The summed E-state index contributed by atoms with van der Waals surface area (Å²) in [6.45, 7) is 0. The Morgan fingerprint density at radius 2 is 2.08 bits per heavy atom. The number of primary amides is 1. The maximum atomic E-state index is 12.0. The van der Waals surface area contributed by atoms with Gasteiger partial charge in [0.05, 0.1) is 22.5 Å². The van der Waals surface area contributed by atoms with Gasteiger partial charge in [0, 0.05) is 31.3 Å². The van der Waals surface area contributed by atoms with Crippen molar-refractivity contribution in [2.45, 2.75) is 50.2 Å². The van der Waals surface area contributed by atoms with Gasteiger partial charge in [-0.15, -0.1) is 0 Å². The van der Waals surface area contributed by atoms with E-state index in [0.717, 1.165) is 42.1 Å². The molecule has 0 aliphatic heterocycles. The molecule has 5 atom stereocenters. The van der Waals surface area contributed by atoms with E-state index in [-0.39, 0.29) is 5.60 Å². The third kappa shape index (κ3) is 2.25. The summed E-state index contributed by atoms with van der Waals surface area (Å²) in [6.07, 6.45) is 12.7. The Hall–Kier alpha value is -1.88. The molecule has 4 saturated carbocycles. The Balaban J connectivity index is 1.50. The van der Waals surface area contributed by atoms with Crippen LogP contribution in [-0.4, -0.2) is 29.6 Å². The van der Waals surface area contributed by atoms with Gasteiger partial charge < -0.3 is 15.8 Å². The summed E-state index contributed by atoms with van der Waals surface area (Å²) in [7, 11) is 1.88. The number of anilines is 1. The first-order valence-electron chi connectivity index (χ1n) is 9.38. The second kappa shape index (κ2) is 5.31. The average Bonchev–Trinajstić information content (AvgIpc) is 3.06. The van der Waals surface area contributed by atoms with Crippen LogP contribution < -0.4 is 11.1 Å². The fourth-order valence-corrected chi connectivity index (χ4v) is 6.14. The molecule has 4 bridgehead atoms. The number of aromatic nitrogens is 1. The first-order chi connectivity index (χ1) is 12.1. The second-order valence-electron chi connectivity index (χ2n) is 8.41. The van der Waals surface area contributed by atoms with Crippen LogP contribution in [0.4, 0.5) is 5.69 Å². The lowest BCUT2D eigenvalue weighted by molar-refractivity contribution is -0.149. The molecule has 5 heteroatoms. The van der Waals surface area contributed by atoms with Crippen molar-refractivity contribution in [2.24, 2.45) is 23.5 Å². The Morgan fingerprint density at radius 1 is 1.32 bits per heavy atom. The van der Waals surface area contributed by atoms with Crippen molar-refractivity contribution in [3.8, 4) is 0 Å². The number of allylic oxidation sites excluding steroid dienone is 1. The number of carbonyl (C=O) groups is 1. The van der Waals surface area contributed by atoms with Crippen LogP contribution in [0, 0.1) is 17.8 Å². The van der Waals surface area contributed by atoms with E-state index >= 15 is 0 Å². The predicted molar refractivity (Wildman–Crippen MR) is 96.2 cm³/mol. The number of nitrogens with two attached hydrogens (primary N) is 1. The molecule has 1 aromatic heterocycles. The number of amides is 1. The predicted octanol–water partition coefficient (Wildman–Crippen LogP) is 2.76. The summed E-state index contributed by atoms with van der Waals surface area (Å²) in [5.74, 6) is 1.62. The van der Waals surface area contributed by atoms with Crippen molar-refractivity contribution in [3.05, 3.63) is 29.1 Å². The molecule has 1 aromatic rings. The number of nitrogens with zero attached hydrogens (tertiary/aromatic N) is 1. The van der Waals surface area contributed by atoms with Crippen LogP contribution in [0.2, 0.25) is 0 Å². The van der Waals surface area contributed by atoms with E-state index in [2.05, 4.69) is 22.5 Å². The maximum Gasteiger partial charge on any atom is 0.252 e. The van der Waals surface area contributed by atoms with E-state index in [4.69, 9.17) is 10.5 Å². The molecule has 3 unspecified atom stereocenters. The van der Waals surface area contributed by atoms with Gasteiger partial charge in [0.15, 0.2) is 0 Å². The SMILES string of the molecule is COC12CC3C[C@H](C1)C(Nc1c(C(N)=O)cnc4c1C=CC4)[C@@H](C3)C2. The Bertz CT molecular complexity index is 756. The van der Waals surface area contributed by atoms with E-state index in [1.165, 1.54) is 19.3 Å². The van der Waals surface area contributed by atoms with E-state index < -0.39 is 5.91 Å². The number of nitrogens with one attached hydrogen (secondary N) is 1. The molecule has 0 spiro atoms. The monoisotopic (exact) mass is 339 g/mol. The lowest BCUT2D eigenvalue weighted by Crippen LogP contribution is -2.59. The minimum atomic E-state index is -0.407. The van der Waals surface area contributed by atoms with E-state index in [1.54, 1.807) is 6.20 Å². The van der Waals surface area contributed by atoms with Gasteiger partial charge in [0.1, 0.15) is 0 Å². The fraction of sp³-hybridized carbons (Fsp3) is 0.600. The number of fused-ring (bicyclic) bond motifs is 1. The first kappa shape index (κ1) is 15.4. The van der Waals surface area contributed by atoms with E-state index in [0.29, 0.717) is 23.4 Å². The van der Waals surface area contributed by atoms with Crippen molar-refractivity contribution in [1.82, 2.24) is 4.98 Å². The molecular weight excluding hydrogens is 314 g/mol. The molecule has 0 saturated heterocycles. The average molecular weight is 339 g/mol. The van der Waals surface area contributed by atoms with Crippen LogP contribution in [0.15, 0.2) is 12.3 Å². The normalized spacial score (nSPS) is 37.3. The van der Waals surface area contributed by atoms with Crippen LogP contribution in [0.5, 0.6) is 0 Å². The number of rotatable bonds is 4. The molecule has 5 nitrogen and oxygen atoms in total. The van der Waals surface area contributed by atoms with Gasteiger partial charge in [0.25, 0.3) is 5.91 Å². The van der Waals surface area contributed by atoms with E-state index in [9.17, 15) is 4.79 Å². The van der Waals surface area contributed by atoms with Crippen LogP contribution in [0.1, 0.15) is 53.7 Å². The molecule has 132 valence electrons. The van der Waals surface area contributed by atoms with Gasteiger partial charge in [-0.1, -0.05) is 12.2 Å². The van der Waals surface area contributed by atoms with Crippen LogP contribution in [0.25, 0.3) is 6.08 Å². The quantitative estimate of drug-likeness (QED) is 0.884. The number of ether oxygens (including phenoxy) is 1. The van der Waals surface area contributed by atoms with E-state index in [1.807, 2.05) is 7.11 Å². The van der Waals surface area contributed by atoms with Crippen molar-refractivity contribution in [2.75, 3.05) is 12.4 Å². The van der Waals surface area contributed by atoms with Gasteiger partial charge in [0.2, 0.25) is 0 Å². The Labute approximate surface area is 148 Å².